The van der Waals surface area contributed by atoms with E-state index in [1.165, 1.54) is 4.68 Å². The Bertz CT molecular complexity index is 600. The van der Waals surface area contributed by atoms with E-state index in [1.807, 2.05) is 51.1 Å². The van der Waals surface area contributed by atoms with Crippen LogP contribution >= 0.6 is 0 Å². The summed E-state index contributed by atoms with van der Waals surface area (Å²) in [6, 6.07) is 9.58. The fraction of sp³-hybridized carbons (Fsp3) is 0.400. The Morgan fingerprint density at radius 2 is 2.00 bits per heavy atom. The molecular formula is C15H21N5O. The van der Waals surface area contributed by atoms with Crippen molar-refractivity contribution in [1.29, 1.82) is 0 Å². The number of hydrogen-bond donors (Lipinski definition) is 1. The highest BCUT2D eigenvalue weighted by Crippen LogP contribution is 2.15. The number of nitrogens with two attached hydrogens (primary N) is 1. The standard InChI is InChI=1S/C15H21N5O/c1-4-20(12-8-6-5-7-9-12)14(21)11-19-10-13(17-18-19)15(2,3)16/h5-10H,4,11,16H2,1-3H3. The van der Waals surface area contributed by atoms with Gasteiger partial charge in [-0.2, -0.15) is 0 Å². The van der Waals surface area contributed by atoms with Crippen LogP contribution in [-0.4, -0.2) is 27.4 Å². The molecule has 1 amide bonds. The molecule has 2 N–H and O–H groups in total. The minimum absolute atomic E-state index is 0.0324. The second-order valence-corrected chi connectivity index (χ2v) is 5.50. The van der Waals surface area contributed by atoms with Crippen molar-refractivity contribution >= 4 is 11.6 Å². The van der Waals surface area contributed by atoms with Crippen molar-refractivity contribution in [3.63, 3.8) is 0 Å². The number of benzene rings is 1. The minimum atomic E-state index is -0.564. The van der Waals surface area contributed by atoms with E-state index in [1.54, 1.807) is 11.1 Å². The van der Waals surface area contributed by atoms with Crippen LogP contribution < -0.4 is 10.6 Å². The van der Waals surface area contributed by atoms with Crippen LogP contribution in [0.1, 0.15) is 26.5 Å². The number of carbonyl (C=O) groups is 1. The molecule has 0 aliphatic rings. The highest BCUT2D eigenvalue weighted by atomic mass is 16.2. The molecule has 112 valence electrons. The molecule has 0 saturated carbocycles. The lowest BCUT2D eigenvalue weighted by atomic mass is 10.0. The van der Waals surface area contributed by atoms with Gasteiger partial charge in [0, 0.05) is 12.2 Å². The Labute approximate surface area is 124 Å². The van der Waals surface area contributed by atoms with Crippen molar-refractivity contribution in [3.05, 3.63) is 42.2 Å². The molecule has 1 heterocycles. The Kier molecular flexibility index (Phi) is 4.37. The van der Waals surface area contributed by atoms with E-state index in [4.69, 9.17) is 5.73 Å². The third-order valence-electron chi connectivity index (χ3n) is 3.18. The van der Waals surface area contributed by atoms with Crippen LogP contribution in [0.2, 0.25) is 0 Å². The van der Waals surface area contributed by atoms with Gasteiger partial charge >= 0.3 is 0 Å². The summed E-state index contributed by atoms with van der Waals surface area (Å²) in [5.41, 5.74) is 6.95. The molecule has 0 fully saturated rings. The van der Waals surface area contributed by atoms with E-state index < -0.39 is 5.54 Å². The number of nitrogens with zero attached hydrogens (tertiary/aromatic N) is 4. The molecule has 0 radical (unpaired) electrons. The molecule has 0 atom stereocenters. The normalized spacial score (nSPS) is 11.4. The predicted molar refractivity (Wildman–Crippen MR) is 81.7 cm³/mol. The number of likely N-dealkylation sites (N-methyl/N-ethyl adjacent to an activating group) is 1. The van der Waals surface area contributed by atoms with E-state index in [-0.39, 0.29) is 12.5 Å². The molecule has 6 heteroatoms. The lowest BCUT2D eigenvalue weighted by molar-refractivity contribution is -0.119. The van der Waals surface area contributed by atoms with Crippen LogP contribution in [0.5, 0.6) is 0 Å². The maximum absolute atomic E-state index is 12.4. The molecule has 1 aromatic carbocycles. The van der Waals surface area contributed by atoms with Gasteiger partial charge < -0.3 is 10.6 Å². The van der Waals surface area contributed by atoms with Gasteiger partial charge in [0.15, 0.2) is 0 Å². The van der Waals surface area contributed by atoms with E-state index in [0.29, 0.717) is 12.2 Å². The zero-order valence-corrected chi connectivity index (χ0v) is 12.7. The van der Waals surface area contributed by atoms with Gasteiger partial charge in [0.25, 0.3) is 0 Å². The van der Waals surface area contributed by atoms with Crippen molar-refractivity contribution in [2.75, 3.05) is 11.4 Å². The molecule has 0 unspecified atom stereocenters. The first kappa shape index (κ1) is 15.2. The van der Waals surface area contributed by atoms with Gasteiger partial charge in [0.1, 0.15) is 12.2 Å². The summed E-state index contributed by atoms with van der Waals surface area (Å²) in [5, 5.41) is 7.99. The Morgan fingerprint density at radius 1 is 1.33 bits per heavy atom. The Balaban J connectivity index is 2.11. The summed E-state index contributed by atoms with van der Waals surface area (Å²) < 4.78 is 1.53. The average Bonchev–Trinajstić information content (AvgIpc) is 2.89. The lowest BCUT2D eigenvalue weighted by Gasteiger charge is -2.20. The van der Waals surface area contributed by atoms with Crippen LogP contribution in [0, 0.1) is 0 Å². The molecule has 2 rings (SSSR count). The summed E-state index contributed by atoms with van der Waals surface area (Å²) in [4.78, 5) is 14.1. The number of anilines is 1. The first-order valence-electron chi connectivity index (χ1n) is 6.96. The highest BCUT2D eigenvalue weighted by Gasteiger charge is 2.20. The van der Waals surface area contributed by atoms with Crippen molar-refractivity contribution in [2.45, 2.75) is 32.9 Å². The Hall–Kier alpha value is -2.21. The summed E-state index contributed by atoms with van der Waals surface area (Å²) in [6.45, 7) is 6.40. The van der Waals surface area contributed by atoms with Gasteiger partial charge in [0.05, 0.1) is 11.7 Å². The summed E-state index contributed by atoms with van der Waals surface area (Å²) >= 11 is 0. The maximum Gasteiger partial charge on any atom is 0.248 e. The van der Waals surface area contributed by atoms with Gasteiger partial charge in [0.2, 0.25) is 5.91 Å². The quantitative estimate of drug-likeness (QED) is 0.904. The summed E-state index contributed by atoms with van der Waals surface area (Å²) in [6.07, 6.45) is 1.72. The first-order chi connectivity index (χ1) is 9.91. The summed E-state index contributed by atoms with van der Waals surface area (Å²) in [7, 11) is 0. The molecule has 0 saturated heterocycles. The predicted octanol–water partition coefficient (Wildman–Crippen LogP) is 1.52. The smallest absolute Gasteiger partial charge is 0.248 e. The van der Waals surface area contributed by atoms with Crippen LogP contribution in [0.15, 0.2) is 36.5 Å². The van der Waals surface area contributed by atoms with Gasteiger partial charge in [-0.25, -0.2) is 4.68 Å². The average molecular weight is 287 g/mol. The SMILES string of the molecule is CCN(C(=O)Cn1cc(C(C)(C)N)nn1)c1ccccc1. The molecule has 1 aromatic heterocycles. The van der Waals surface area contributed by atoms with Gasteiger partial charge in [-0.05, 0) is 32.9 Å². The fourth-order valence-electron chi connectivity index (χ4n) is 2.01. The zero-order valence-electron chi connectivity index (χ0n) is 12.7. The topological polar surface area (TPSA) is 77.0 Å². The lowest BCUT2D eigenvalue weighted by Crippen LogP contribution is -2.33. The molecule has 0 aliphatic heterocycles. The Morgan fingerprint density at radius 3 is 2.52 bits per heavy atom. The molecule has 21 heavy (non-hydrogen) atoms. The summed E-state index contributed by atoms with van der Waals surface area (Å²) in [5.74, 6) is -0.0324. The third kappa shape index (κ3) is 3.66. The third-order valence-corrected chi connectivity index (χ3v) is 3.18. The van der Waals surface area contributed by atoms with E-state index in [9.17, 15) is 4.79 Å². The van der Waals surface area contributed by atoms with Gasteiger partial charge in [-0.15, -0.1) is 5.10 Å². The second kappa shape index (κ2) is 6.05. The number of aromatic nitrogens is 3. The van der Waals surface area contributed by atoms with Gasteiger partial charge in [-0.3, -0.25) is 4.79 Å². The molecule has 2 aromatic rings. The molecule has 0 spiro atoms. The first-order valence-corrected chi connectivity index (χ1v) is 6.96. The van der Waals surface area contributed by atoms with Gasteiger partial charge in [-0.1, -0.05) is 23.4 Å². The molecule has 0 bridgehead atoms. The van der Waals surface area contributed by atoms with Crippen LogP contribution in [-0.2, 0) is 16.9 Å². The van der Waals surface area contributed by atoms with E-state index in [0.717, 1.165) is 5.69 Å². The molecular weight excluding hydrogens is 266 g/mol. The number of rotatable bonds is 5. The van der Waals surface area contributed by atoms with E-state index in [2.05, 4.69) is 10.3 Å². The van der Waals surface area contributed by atoms with Crippen LogP contribution in [0.25, 0.3) is 0 Å². The van der Waals surface area contributed by atoms with Crippen molar-refractivity contribution in [1.82, 2.24) is 15.0 Å². The zero-order chi connectivity index (χ0) is 15.5. The number of para-hydroxylation sites is 1. The van der Waals surface area contributed by atoms with Crippen LogP contribution in [0.4, 0.5) is 5.69 Å². The van der Waals surface area contributed by atoms with Crippen molar-refractivity contribution in [3.8, 4) is 0 Å². The molecule has 6 nitrogen and oxygen atoms in total. The monoisotopic (exact) mass is 287 g/mol. The number of carbonyl (C=O) groups excluding carboxylic acids is 1. The van der Waals surface area contributed by atoms with Crippen molar-refractivity contribution < 1.29 is 4.79 Å². The highest BCUT2D eigenvalue weighted by molar-refractivity contribution is 5.93. The number of hydrogen-bond acceptors (Lipinski definition) is 4. The van der Waals surface area contributed by atoms with Crippen LogP contribution in [0.3, 0.4) is 0 Å². The largest absolute Gasteiger partial charge is 0.320 e. The maximum atomic E-state index is 12.4. The molecule has 0 aliphatic carbocycles. The van der Waals surface area contributed by atoms with Crippen molar-refractivity contribution in [2.24, 2.45) is 5.73 Å². The second-order valence-electron chi connectivity index (χ2n) is 5.50. The minimum Gasteiger partial charge on any atom is -0.320 e. The number of amides is 1. The fourth-order valence-corrected chi connectivity index (χ4v) is 2.01. The van der Waals surface area contributed by atoms with E-state index >= 15 is 0 Å².